The Morgan fingerprint density at radius 3 is 2.61 bits per heavy atom. The number of nitrogen functional groups attached to an aromatic ring is 1. The van der Waals surface area contributed by atoms with Gasteiger partial charge >= 0.3 is 0 Å². The smallest absolute Gasteiger partial charge is 0.143 e. The number of aliphatic hydroxyl groups excluding tert-OH is 1. The largest absolute Gasteiger partial charge is 0.397 e. The molecule has 0 radical (unpaired) electrons. The zero-order valence-electron chi connectivity index (χ0n) is 10.2. The van der Waals surface area contributed by atoms with E-state index >= 15 is 0 Å². The van der Waals surface area contributed by atoms with Crippen LogP contribution in [0, 0.1) is 5.82 Å². The van der Waals surface area contributed by atoms with E-state index in [0.29, 0.717) is 11.4 Å². The molecule has 0 spiro atoms. The van der Waals surface area contributed by atoms with E-state index in [1.54, 1.807) is 0 Å². The average molecular weight is 273 g/mol. The molecule has 1 aliphatic carbocycles. The molecule has 0 heterocycles. The zero-order chi connectivity index (χ0) is 13.2. The van der Waals surface area contributed by atoms with Gasteiger partial charge in [0.25, 0.3) is 0 Å². The third-order valence-electron chi connectivity index (χ3n) is 3.61. The lowest BCUT2D eigenvalue weighted by Crippen LogP contribution is -2.44. The first-order chi connectivity index (χ1) is 8.56. The van der Waals surface area contributed by atoms with Gasteiger partial charge in [0.2, 0.25) is 0 Å². The number of nitrogens with one attached hydrogen (secondary N) is 1. The lowest BCUT2D eigenvalue weighted by Gasteiger charge is -2.37. The fraction of sp³-hybridized carbons (Fsp3) is 0.538. The van der Waals surface area contributed by atoms with Crippen LogP contribution < -0.4 is 11.1 Å². The number of aliphatic hydroxyl groups is 1. The number of hydrogen-bond acceptors (Lipinski definition) is 3. The summed E-state index contributed by atoms with van der Waals surface area (Å²) in [5, 5.41) is 12.8. The van der Waals surface area contributed by atoms with Gasteiger partial charge in [0.1, 0.15) is 5.82 Å². The van der Waals surface area contributed by atoms with Crippen molar-refractivity contribution < 1.29 is 9.50 Å². The van der Waals surface area contributed by atoms with Crippen molar-refractivity contribution in [3.63, 3.8) is 0 Å². The summed E-state index contributed by atoms with van der Waals surface area (Å²) in [7, 11) is 0. The fourth-order valence-corrected chi connectivity index (χ4v) is 2.68. The Hall–Kier alpha value is -1.00. The number of hydrogen-bond donors (Lipinski definition) is 3. The molecule has 0 saturated heterocycles. The van der Waals surface area contributed by atoms with Crippen LogP contribution in [0.3, 0.4) is 0 Å². The van der Waals surface area contributed by atoms with Crippen LogP contribution in [0.2, 0.25) is 5.02 Å². The molecule has 18 heavy (non-hydrogen) atoms. The van der Waals surface area contributed by atoms with Crippen molar-refractivity contribution in [1.82, 2.24) is 0 Å². The molecule has 1 saturated carbocycles. The molecule has 1 aromatic carbocycles. The van der Waals surface area contributed by atoms with Crippen LogP contribution in [0.5, 0.6) is 0 Å². The van der Waals surface area contributed by atoms with E-state index in [2.05, 4.69) is 5.32 Å². The molecule has 0 aliphatic heterocycles. The Balaban J connectivity index is 2.24. The van der Waals surface area contributed by atoms with Gasteiger partial charge in [0.15, 0.2) is 0 Å². The standard InChI is InChI=1S/C13H18ClFN2O/c14-9-6-11(16)12(7-10(9)15)17-13(8-18)4-2-1-3-5-13/h6-7,17-18H,1-5,8,16H2. The monoisotopic (exact) mass is 272 g/mol. The Bertz CT molecular complexity index is 433. The lowest BCUT2D eigenvalue weighted by molar-refractivity contribution is 0.173. The van der Waals surface area contributed by atoms with E-state index in [4.69, 9.17) is 17.3 Å². The molecular weight excluding hydrogens is 255 g/mol. The van der Waals surface area contributed by atoms with Crippen molar-refractivity contribution in [3.8, 4) is 0 Å². The van der Waals surface area contributed by atoms with Gasteiger partial charge in [-0.3, -0.25) is 0 Å². The van der Waals surface area contributed by atoms with Gasteiger partial charge in [-0.15, -0.1) is 0 Å². The normalized spacial score (nSPS) is 18.6. The van der Waals surface area contributed by atoms with Crippen LogP contribution in [-0.4, -0.2) is 17.3 Å². The molecule has 1 aromatic rings. The number of anilines is 2. The minimum Gasteiger partial charge on any atom is -0.397 e. The molecule has 1 fully saturated rings. The first-order valence-electron chi connectivity index (χ1n) is 6.20. The van der Waals surface area contributed by atoms with Crippen molar-refractivity contribution in [2.24, 2.45) is 0 Å². The Kier molecular flexibility index (Phi) is 3.97. The van der Waals surface area contributed by atoms with Crippen LogP contribution in [0.1, 0.15) is 32.1 Å². The van der Waals surface area contributed by atoms with E-state index in [1.165, 1.54) is 18.6 Å². The highest BCUT2D eigenvalue weighted by molar-refractivity contribution is 6.31. The van der Waals surface area contributed by atoms with Gasteiger partial charge in [-0.2, -0.15) is 0 Å². The SMILES string of the molecule is Nc1cc(Cl)c(F)cc1NC1(CO)CCCCC1. The minimum absolute atomic E-state index is 0.0137. The van der Waals surface area contributed by atoms with Gasteiger partial charge in [-0.1, -0.05) is 30.9 Å². The Morgan fingerprint density at radius 1 is 1.33 bits per heavy atom. The molecule has 1 aliphatic rings. The maximum absolute atomic E-state index is 13.5. The molecule has 0 unspecified atom stereocenters. The summed E-state index contributed by atoms with van der Waals surface area (Å²) >= 11 is 5.67. The third-order valence-corrected chi connectivity index (χ3v) is 3.90. The van der Waals surface area contributed by atoms with Crippen molar-refractivity contribution in [1.29, 1.82) is 0 Å². The molecule has 0 aromatic heterocycles. The number of nitrogens with two attached hydrogens (primary N) is 1. The maximum Gasteiger partial charge on any atom is 0.143 e. The second kappa shape index (κ2) is 5.33. The highest BCUT2D eigenvalue weighted by Gasteiger charge is 2.31. The number of rotatable bonds is 3. The summed E-state index contributed by atoms with van der Waals surface area (Å²) in [6.45, 7) is 0.0245. The Labute approximate surface area is 111 Å². The van der Waals surface area contributed by atoms with E-state index in [1.807, 2.05) is 0 Å². The van der Waals surface area contributed by atoms with Gasteiger partial charge < -0.3 is 16.2 Å². The molecule has 0 bridgehead atoms. The Morgan fingerprint density at radius 2 is 2.00 bits per heavy atom. The molecule has 2 rings (SSSR count). The first kappa shape index (κ1) is 13.4. The van der Waals surface area contributed by atoms with Gasteiger partial charge in [-0.05, 0) is 18.9 Å². The van der Waals surface area contributed by atoms with Crippen LogP contribution in [-0.2, 0) is 0 Å². The molecule has 5 heteroatoms. The second-order valence-electron chi connectivity index (χ2n) is 4.98. The average Bonchev–Trinajstić information content (AvgIpc) is 2.37. The summed E-state index contributed by atoms with van der Waals surface area (Å²) in [4.78, 5) is 0. The molecule has 4 N–H and O–H groups in total. The van der Waals surface area contributed by atoms with Crippen LogP contribution in [0.25, 0.3) is 0 Å². The van der Waals surface area contributed by atoms with E-state index in [0.717, 1.165) is 25.7 Å². The van der Waals surface area contributed by atoms with E-state index in [9.17, 15) is 9.50 Å². The summed E-state index contributed by atoms with van der Waals surface area (Å²) in [6.07, 6.45) is 5.03. The molecule has 0 amide bonds. The zero-order valence-corrected chi connectivity index (χ0v) is 10.9. The van der Waals surface area contributed by atoms with Crippen molar-refractivity contribution in [2.45, 2.75) is 37.6 Å². The highest BCUT2D eigenvalue weighted by atomic mass is 35.5. The number of benzene rings is 1. The summed E-state index contributed by atoms with van der Waals surface area (Å²) in [5.74, 6) is -0.503. The molecule has 3 nitrogen and oxygen atoms in total. The molecular formula is C13H18ClFN2O. The van der Waals surface area contributed by atoms with Gasteiger partial charge in [-0.25, -0.2) is 4.39 Å². The quantitative estimate of drug-likeness (QED) is 0.741. The van der Waals surface area contributed by atoms with Crippen molar-refractivity contribution >= 4 is 23.0 Å². The van der Waals surface area contributed by atoms with E-state index in [-0.39, 0.29) is 17.2 Å². The lowest BCUT2D eigenvalue weighted by atomic mass is 9.82. The van der Waals surface area contributed by atoms with E-state index < -0.39 is 5.82 Å². The summed E-state index contributed by atoms with van der Waals surface area (Å²) < 4.78 is 13.5. The third kappa shape index (κ3) is 2.70. The predicted molar refractivity (Wildman–Crippen MR) is 72.3 cm³/mol. The molecule has 0 atom stereocenters. The van der Waals surface area contributed by atoms with Gasteiger partial charge in [0.05, 0.1) is 28.5 Å². The van der Waals surface area contributed by atoms with Crippen LogP contribution in [0.15, 0.2) is 12.1 Å². The highest BCUT2D eigenvalue weighted by Crippen LogP contribution is 2.34. The first-order valence-corrected chi connectivity index (χ1v) is 6.58. The van der Waals surface area contributed by atoms with Crippen molar-refractivity contribution in [2.75, 3.05) is 17.7 Å². The topological polar surface area (TPSA) is 58.3 Å². The predicted octanol–water partition coefficient (Wildman–Crippen LogP) is 3.17. The van der Waals surface area contributed by atoms with Crippen molar-refractivity contribution in [3.05, 3.63) is 23.0 Å². The maximum atomic E-state index is 13.5. The number of halogens is 2. The minimum atomic E-state index is -0.503. The summed E-state index contributed by atoms with van der Waals surface area (Å²) in [6, 6.07) is 2.69. The fourth-order valence-electron chi connectivity index (χ4n) is 2.51. The summed E-state index contributed by atoms with van der Waals surface area (Å²) in [5.41, 5.74) is 6.35. The molecule has 100 valence electrons. The van der Waals surface area contributed by atoms with Crippen LogP contribution in [0.4, 0.5) is 15.8 Å². The second-order valence-corrected chi connectivity index (χ2v) is 5.38. The van der Waals surface area contributed by atoms with Gasteiger partial charge in [0, 0.05) is 6.07 Å². The van der Waals surface area contributed by atoms with Crippen LogP contribution >= 0.6 is 11.6 Å².